The topological polar surface area (TPSA) is 34.0 Å². The maximum absolute atomic E-state index is 6.42. The smallest absolute Gasteiger partial charge is 0.134 e. The Labute approximate surface area is 164 Å². The summed E-state index contributed by atoms with van der Waals surface area (Å²) in [6.45, 7) is 3.68. The van der Waals surface area contributed by atoms with E-state index in [0.717, 1.165) is 35.2 Å². The van der Waals surface area contributed by atoms with Crippen LogP contribution in [0.2, 0.25) is 5.15 Å². The van der Waals surface area contributed by atoms with Crippen LogP contribution in [0.15, 0.2) is 67.3 Å². The number of hydrogen-bond donors (Lipinski definition) is 0. The zero-order valence-corrected chi connectivity index (χ0v) is 16.2. The molecular formula is C22H21ClN4. The molecule has 4 rings (SSSR count). The van der Waals surface area contributed by atoms with Gasteiger partial charge in [0.15, 0.2) is 0 Å². The van der Waals surface area contributed by atoms with Gasteiger partial charge in [-0.05, 0) is 49.9 Å². The van der Waals surface area contributed by atoms with Gasteiger partial charge in [-0.2, -0.15) is 0 Å². The van der Waals surface area contributed by atoms with Gasteiger partial charge < -0.3 is 4.57 Å². The van der Waals surface area contributed by atoms with Crippen molar-refractivity contribution < 1.29 is 0 Å². The molecule has 0 atom stereocenters. The van der Waals surface area contributed by atoms with Crippen molar-refractivity contribution in [1.29, 1.82) is 0 Å². The van der Waals surface area contributed by atoms with Gasteiger partial charge in [-0.15, -0.1) is 0 Å². The molecule has 4 aromatic rings. The highest BCUT2D eigenvalue weighted by atomic mass is 35.5. The van der Waals surface area contributed by atoms with Gasteiger partial charge in [0.1, 0.15) is 5.15 Å². The van der Waals surface area contributed by atoms with Crippen molar-refractivity contribution in [2.45, 2.75) is 20.0 Å². The Hall–Kier alpha value is -2.69. The van der Waals surface area contributed by atoms with E-state index < -0.39 is 0 Å². The molecule has 136 valence electrons. The molecule has 0 fully saturated rings. The summed E-state index contributed by atoms with van der Waals surface area (Å²) < 4.78 is 2.00. The lowest BCUT2D eigenvalue weighted by atomic mass is 10.1. The molecule has 0 N–H and O–H groups in total. The van der Waals surface area contributed by atoms with Gasteiger partial charge in [-0.1, -0.05) is 35.4 Å². The molecule has 0 saturated carbocycles. The summed E-state index contributed by atoms with van der Waals surface area (Å²) in [6.07, 6.45) is 5.53. The SMILES string of the molecule is Cc1ccc2nc(Cl)c(CN(C)Cc3ccc(-n4ccnc4)cc3)cc2c1. The van der Waals surface area contributed by atoms with Crippen molar-refractivity contribution >= 4 is 22.5 Å². The van der Waals surface area contributed by atoms with Crippen LogP contribution in [0.1, 0.15) is 16.7 Å². The van der Waals surface area contributed by atoms with Crippen molar-refractivity contribution in [3.63, 3.8) is 0 Å². The fourth-order valence-corrected chi connectivity index (χ4v) is 3.48. The Morgan fingerprint density at radius 2 is 1.85 bits per heavy atom. The summed E-state index contributed by atoms with van der Waals surface area (Å²) in [6, 6.07) is 16.9. The lowest BCUT2D eigenvalue weighted by molar-refractivity contribution is 0.319. The van der Waals surface area contributed by atoms with E-state index in [1.807, 2.05) is 16.8 Å². The van der Waals surface area contributed by atoms with Crippen molar-refractivity contribution in [3.8, 4) is 5.69 Å². The molecule has 2 aromatic carbocycles. The number of imidazole rings is 1. The third-order valence-electron chi connectivity index (χ3n) is 4.63. The molecule has 27 heavy (non-hydrogen) atoms. The highest BCUT2D eigenvalue weighted by Crippen LogP contribution is 2.23. The highest BCUT2D eigenvalue weighted by Gasteiger charge is 2.09. The monoisotopic (exact) mass is 376 g/mol. The van der Waals surface area contributed by atoms with Gasteiger partial charge >= 0.3 is 0 Å². The minimum absolute atomic E-state index is 0.577. The van der Waals surface area contributed by atoms with Crippen molar-refractivity contribution in [3.05, 3.63) is 89.1 Å². The molecule has 0 radical (unpaired) electrons. The molecule has 0 spiro atoms. The standard InChI is InChI=1S/C22H21ClN4/c1-16-3-8-21-18(11-16)12-19(22(23)25-21)14-26(2)13-17-4-6-20(7-5-17)27-10-9-24-15-27/h3-12,15H,13-14H2,1-2H3. The normalized spacial score (nSPS) is 11.4. The molecule has 2 heterocycles. The lowest BCUT2D eigenvalue weighted by Crippen LogP contribution is -2.17. The first-order chi connectivity index (χ1) is 13.1. The molecule has 2 aromatic heterocycles. The number of aromatic nitrogens is 3. The van der Waals surface area contributed by atoms with Crippen LogP contribution in [0.5, 0.6) is 0 Å². The predicted molar refractivity (Wildman–Crippen MR) is 110 cm³/mol. The predicted octanol–water partition coefficient (Wildman–Crippen LogP) is 5.01. The van der Waals surface area contributed by atoms with Crippen LogP contribution in [0, 0.1) is 6.92 Å². The van der Waals surface area contributed by atoms with Crippen molar-refractivity contribution in [2.75, 3.05) is 7.05 Å². The fraction of sp³-hybridized carbons (Fsp3) is 0.182. The van der Waals surface area contributed by atoms with Gasteiger partial charge in [0, 0.05) is 42.1 Å². The van der Waals surface area contributed by atoms with Crippen LogP contribution in [0.3, 0.4) is 0 Å². The summed E-state index contributed by atoms with van der Waals surface area (Å²) in [5, 5.41) is 1.71. The Morgan fingerprint density at radius 3 is 2.59 bits per heavy atom. The van der Waals surface area contributed by atoms with Crippen molar-refractivity contribution in [2.24, 2.45) is 0 Å². The minimum Gasteiger partial charge on any atom is -0.306 e. The second kappa shape index (κ2) is 7.51. The molecule has 4 nitrogen and oxygen atoms in total. The van der Waals surface area contributed by atoms with E-state index in [1.54, 1.807) is 12.5 Å². The average Bonchev–Trinajstić information content (AvgIpc) is 3.18. The summed E-state index contributed by atoms with van der Waals surface area (Å²) in [5.74, 6) is 0. The van der Waals surface area contributed by atoms with Crippen LogP contribution in [0.25, 0.3) is 16.6 Å². The second-order valence-corrected chi connectivity index (χ2v) is 7.30. The Morgan fingerprint density at radius 1 is 1.04 bits per heavy atom. The molecule has 0 aliphatic carbocycles. The first-order valence-corrected chi connectivity index (χ1v) is 9.28. The molecule has 5 heteroatoms. The van der Waals surface area contributed by atoms with Crippen LogP contribution >= 0.6 is 11.6 Å². The van der Waals surface area contributed by atoms with E-state index in [-0.39, 0.29) is 0 Å². The van der Waals surface area contributed by atoms with Crippen LogP contribution in [-0.4, -0.2) is 26.5 Å². The molecule has 0 amide bonds. The average molecular weight is 377 g/mol. The van der Waals surface area contributed by atoms with Gasteiger partial charge in [-0.3, -0.25) is 4.90 Å². The molecule has 0 bridgehead atoms. The van der Waals surface area contributed by atoms with Crippen LogP contribution in [0.4, 0.5) is 0 Å². The van der Waals surface area contributed by atoms with Gasteiger partial charge in [0.2, 0.25) is 0 Å². The van der Waals surface area contributed by atoms with E-state index in [2.05, 4.69) is 71.3 Å². The zero-order chi connectivity index (χ0) is 18.8. The van der Waals surface area contributed by atoms with Crippen LogP contribution < -0.4 is 0 Å². The third kappa shape index (κ3) is 4.02. The first-order valence-electron chi connectivity index (χ1n) is 8.90. The number of pyridine rings is 1. The van der Waals surface area contributed by atoms with E-state index in [9.17, 15) is 0 Å². The van der Waals surface area contributed by atoms with Gasteiger partial charge in [-0.25, -0.2) is 9.97 Å². The minimum atomic E-state index is 0.577. The zero-order valence-electron chi connectivity index (χ0n) is 15.4. The third-order valence-corrected chi connectivity index (χ3v) is 4.96. The Bertz CT molecular complexity index is 1060. The van der Waals surface area contributed by atoms with Gasteiger partial charge in [0.05, 0.1) is 11.8 Å². The van der Waals surface area contributed by atoms with E-state index in [1.165, 1.54) is 11.1 Å². The summed E-state index contributed by atoms with van der Waals surface area (Å²) in [5.41, 5.74) is 5.57. The highest BCUT2D eigenvalue weighted by molar-refractivity contribution is 6.30. The molecule has 0 aliphatic rings. The Kier molecular flexibility index (Phi) is 4.92. The molecular weight excluding hydrogens is 356 g/mol. The first kappa shape index (κ1) is 17.7. The number of benzene rings is 2. The number of aryl methyl sites for hydroxylation is 1. The fourth-order valence-electron chi connectivity index (χ4n) is 3.27. The number of rotatable bonds is 5. The maximum Gasteiger partial charge on any atom is 0.134 e. The summed E-state index contributed by atoms with van der Waals surface area (Å²) >= 11 is 6.42. The number of fused-ring (bicyclic) bond motifs is 1. The molecule has 0 unspecified atom stereocenters. The Balaban J connectivity index is 1.48. The summed E-state index contributed by atoms with van der Waals surface area (Å²) in [7, 11) is 2.10. The summed E-state index contributed by atoms with van der Waals surface area (Å²) in [4.78, 5) is 10.9. The second-order valence-electron chi connectivity index (χ2n) is 6.94. The van der Waals surface area contributed by atoms with E-state index >= 15 is 0 Å². The molecule has 0 aliphatic heterocycles. The number of halogens is 1. The molecule has 0 saturated heterocycles. The quantitative estimate of drug-likeness (QED) is 0.459. The number of hydrogen-bond acceptors (Lipinski definition) is 3. The van der Waals surface area contributed by atoms with Crippen LogP contribution in [-0.2, 0) is 13.1 Å². The van der Waals surface area contributed by atoms with Gasteiger partial charge in [0.25, 0.3) is 0 Å². The van der Waals surface area contributed by atoms with E-state index in [4.69, 9.17) is 11.6 Å². The lowest BCUT2D eigenvalue weighted by Gasteiger charge is -2.18. The maximum atomic E-state index is 6.42. The van der Waals surface area contributed by atoms with E-state index in [0.29, 0.717) is 5.15 Å². The largest absolute Gasteiger partial charge is 0.306 e. The van der Waals surface area contributed by atoms with Crippen molar-refractivity contribution in [1.82, 2.24) is 19.4 Å². The number of nitrogens with zero attached hydrogens (tertiary/aromatic N) is 4.